The second kappa shape index (κ2) is 4.46. The highest BCUT2D eigenvalue weighted by atomic mass is 16.3. The number of fused-ring (bicyclic) bond motifs is 1. The minimum Gasteiger partial charge on any atom is -0.394 e. The van der Waals surface area contributed by atoms with Crippen molar-refractivity contribution >= 4 is 11.7 Å². The van der Waals surface area contributed by atoms with Crippen molar-refractivity contribution < 1.29 is 9.90 Å². The Bertz CT molecular complexity index is 551. The molecule has 7 heteroatoms. The molecule has 0 aromatic carbocycles. The lowest BCUT2D eigenvalue weighted by Gasteiger charge is -2.07. The Morgan fingerprint density at radius 2 is 2.41 bits per heavy atom. The van der Waals surface area contributed by atoms with Crippen LogP contribution in [0.1, 0.15) is 23.2 Å². The molecule has 0 saturated carbocycles. The van der Waals surface area contributed by atoms with E-state index in [0.717, 1.165) is 5.69 Å². The fraction of sp³-hybridized carbons (Fsp3) is 0.400. The molecule has 0 aliphatic carbocycles. The summed E-state index contributed by atoms with van der Waals surface area (Å²) in [6.45, 7) is 3.41. The molecule has 0 unspecified atom stereocenters. The Hall–Kier alpha value is -2.02. The highest BCUT2D eigenvalue weighted by molar-refractivity contribution is 5.91. The van der Waals surface area contributed by atoms with Gasteiger partial charge in [-0.25, -0.2) is 9.50 Å². The van der Waals surface area contributed by atoms with Crippen LogP contribution in [0.4, 0.5) is 0 Å². The molecule has 1 atom stereocenters. The van der Waals surface area contributed by atoms with Gasteiger partial charge >= 0.3 is 0 Å². The van der Waals surface area contributed by atoms with Crippen LogP contribution in [0.5, 0.6) is 0 Å². The molecule has 0 aliphatic rings. The van der Waals surface area contributed by atoms with Crippen molar-refractivity contribution in [3.05, 3.63) is 23.8 Å². The summed E-state index contributed by atoms with van der Waals surface area (Å²) in [6, 6.07) is 1.45. The SMILES string of the molecule is Cc1ccnc2nc(C(=O)N[C@@H](C)CO)nn12. The summed E-state index contributed by atoms with van der Waals surface area (Å²) in [5, 5.41) is 15.5. The molecule has 2 rings (SSSR count). The number of rotatable bonds is 3. The first-order chi connectivity index (χ1) is 8.11. The number of amides is 1. The molecule has 7 nitrogen and oxygen atoms in total. The molecule has 0 bridgehead atoms. The van der Waals surface area contributed by atoms with Crippen LogP contribution in [0.3, 0.4) is 0 Å². The Labute approximate surface area is 97.5 Å². The van der Waals surface area contributed by atoms with Gasteiger partial charge in [0.15, 0.2) is 0 Å². The van der Waals surface area contributed by atoms with E-state index in [1.54, 1.807) is 19.2 Å². The summed E-state index contributed by atoms with van der Waals surface area (Å²) in [6.07, 6.45) is 1.61. The lowest BCUT2D eigenvalue weighted by atomic mass is 10.3. The number of hydrogen-bond acceptors (Lipinski definition) is 5. The lowest BCUT2D eigenvalue weighted by molar-refractivity contribution is 0.0912. The summed E-state index contributed by atoms with van der Waals surface area (Å²) >= 11 is 0. The van der Waals surface area contributed by atoms with E-state index in [1.165, 1.54) is 4.52 Å². The van der Waals surface area contributed by atoms with Crippen LogP contribution in [-0.2, 0) is 0 Å². The van der Waals surface area contributed by atoms with Gasteiger partial charge in [0.05, 0.1) is 6.61 Å². The third-order valence-corrected chi connectivity index (χ3v) is 2.28. The molecule has 0 aliphatic heterocycles. The van der Waals surface area contributed by atoms with E-state index < -0.39 is 5.91 Å². The van der Waals surface area contributed by atoms with Crippen molar-refractivity contribution in [1.82, 2.24) is 24.9 Å². The van der Waals surface area contributed by atoms with Crippen LogP contribution in [0.15, 0.2) is 12.3 Å². The fourth-order valence-electron chi connectivity index (χ4n) is 1.34. The van der Waals surface area contributed by atoms with Gasteiger partial charge < -0.3 is 10.4 Å². The molecule has 0 saturated heterocycles. The number of aliphatic hydroxyl groups is 1. The lowest BCUT2D eigenvalue weighted by Crippen LogP contribution is -2.35. The number of aromatic nitrogens is 4. The number of nitrogens with one attached hydrogen (secondary N) is 1. The molecule has 0 spiro atoms. The molecule has 2 aromatic heterocycles. The van der Waals surface area contributed by atoms with Crippen molar-refractivity contribution in [2.75, 3.05) is 6.61 Å². The summed E-state index contributed by atoms with van der Waals surface area (Å²) in [5.74, 6) is 0.00958. The number of aryl methyl sites for hydroxylation is 1. The predicted molar refractivity (Wildman–Crippen MR) is 59.5 cm³/mol. The zero-order valence-electron chi connectivity index (χ0n) is 9.58. The fourth-order valence-corrected chi connectivity index (χ4v) is 1.34. The van der Waals surface area contributed by atoms with E-state index in [1.807, 2.05) is 6.92 Å². The number of aliphatic hydroxyl groups excluding tert-OH is 1. The summed E-state index contributed by atoms with van der Waals surface area (Å²) in [7, 11) is 0. The molecule has 0 fully saturated rings. The van der Waals surface area contributed by atoms with Crippen LogP contribution < -0.4 is 5.32 Å². The van der Waals surface area contributed by atoms with Crippen molar-refractivity contribution in [2.24, 2.45) is 0 Å². The molecular weight excluding hydrogens is 222 g/mol. The van der Waals surface area contributed by atoms with E-state index in [0.29, 0.717) is 5.78 Å². The number of hydrogen-bond donors (Lipinski definition) is 2. The maximum atomic E-state index is 11.7. The second-order valence-corrected chi connectivity index (χ2v) is 3.79. The maximum Gasteiger partial charge on any atom is 0.291 e. The molecule has 2 aromatic rings. The maximum absolute atomic E-state index is 11.7. The average Bonchev–Trinajstić information content (AvgIpc) is 2.74. The van der Waals surface area contributed by atoms with Gasteiger partial charge in [-0.1, -0.05) is 0 Å². The highest BCUT2D eigenvalue weighted by Crippen LogP contribution is 2.01. The van der Waals surface area contributed by atoms with Gasteiger partial charge in [0.25, 0.3) is 11.7 Å². The zero-order valence-corrected chi connectivity index (χ0v) is 9.58. The van der Waals surface area contributed by atoms with E-state index in [-0.39, 0.29) is 18.5 Å². The normalized spacial score (nSPS) is 12.6. The minimum atomic E-state index is -0.420. The Morgan fingerprint density at radius 3 is 3.06 bits per heavy atom. The van der Waals surface area contributed by atoms with Crippen LogP contribution in [0, 0.1) is 6.92 Å². The number of nitrogens with zero attached hydrogens (tertiary/aromatic N) is 4. The van der Waals surface area contributed by atoms with E-state index in [9.17, 15) is 4.79 Å². The van der Waals surface area contributed by atoms with Crippen molar-refractivity contribution in [2.45, 2.75) is 19.9 Å². The zero-order chi connectivity index (χ0) is 12.4. The van der Waals surface area contributed by atoms with Crippen LogP contribution in [-0.4, -0.2) is 43.2 Å². The third kappa shape index (κ3) is 2.23. The van der Waals surface area contributed by atoms with Gasteiger partial charge in [0, 0.05) is 17.9 Å². The van der Waals surface area contributed by atoms with Gasteiger partial charge in [0.2, 0.25) is 5.82 Å². The van der Waals surface area contributed by atoms with Crippen LogP contribution >= 0.6 is 0 Å². The first kappa shape index (κ1) is 11.5. The van der Waals surface area contributed by atoms with Crippen molar-refractivity contribution in [1.29, 1.82) is 0 Å². The van der Waals surface area contributed by atoms with Crippen molar-refractivity contribution in [3.8, 4) is 0 Å². The smallest absolute Gasteiger partial charge is 0.291 e. The van der Waals surface area contributed by atoms with E-state index in [2.05, 4.69) is 20.4 Å². The van der Waals surface area contributed by atoms with Crippen molar-refractivity contribution in [3.63, 3.8) is 0 Å². The Kier molecular flexibility index (Phi) is 3.01. The largest absolute Gasteiger partial charge is 0.394 e. The standard InChI is InChI=1S/C10H13N5O2/c1-6(5-16)12-9(17)8-13-10-11-4-3-7(2)15(10)14-8/h3-4,6,16H,5H2,1-2H3,(H,12,17)/t6-/m0/s1. The van der Waals surface area contributed by atoms with E-state index in [4.69, 9.17) is 5.11 Å². The predicted octanol–water partition coefficient (Wildman–Crippen LogP) is -0.457. The van der Waals surface area contributed by atoms with Gasteiger partial charge in [-0.2, -0.15) is 4.98 Å². The summed E-state index contributed by atoms with van der Waals surface area (Å²) < 4.78 is 1.50. The number of carbonyl (C=O) groups excluding carboxylic acids is 1. The average molecular weight is 235 g/mol. The second-order valence-electron chi connectivity index (χ2n) is 3.79. The first-order valence-electron chi connectivity index (χ1n) is 5.22. The molecule has 1 amide bonds. The van der Waals surface area contributed by atoms with Gasteiger partial charge in [-0.05, 0) is 19.9 Å². The quantitative estimate of drug-likeness (QED) is 0.751. The summed E-state index contributed by atoms with van der Waals surface area (Å²) in [4.78, 5) is 19.7. The van der Waals surface area contributed by atoms with Crippen LogP contribution in [0.25, 0.3) is 5.78 Å². The molecule has 17 heavy (non-hydrogen) atoms. The third-order valence-electron chi connectivity index (χ3n) is 2.28. The molecule has 90 valence electrons. The molecule has 0 radical (unpaired) electrons. The Balaban J connectivity index is 2.30. The topological polar surface area (TPSA) is 92.4 Å². The highest BCUT2D eigenvalue weighted by Gasteiger charge is 2.15. The first-order valence-corrected chi connectivity index (χ1v) is 5.22. The van der Waals surface area contributed by atoms with E-state index >= 15 is 0 Å². The Morgan fingerprint density at radius 1 is 1.65 bits per heavy atom. The van der Waals surface area contributed by atoms with Crippen LogP contribution in [0.2, 0.25) is 0 Å². The molecular formula is C10H13N5O2. The minimum absolute atomic E-state index is 0.0482. The molecule has 2 heterocycles. The number of carbonyl (C=O) groups is 1. The van der Waals surface area contributed by atoms with Gasteiger partial charge in [-0.3, -0.25) is 4.79 Å². The van der Waals surface area contributed by atoms with Gasteiger partial charge in [-0.15, -0.1) is 5.10 Å². The van der Waals surface area contributed by atoms with Gasteiger partial charge in [0.1, 0.15) is 0 Å². The summed E-state index contributed by atoms with van der Waals surface area (Å²) in [5.41, 5.74) is 0.844. The monoisotopic (exact) mass is 235 g/mol. The molecule has 2 N–H and O–H groups in total.